The topological polar surface area (TPSA) is 36.4 Å². The highest BCUT2D eigenvalue weighted by Crippen LogP contribution is 2.35. The Balaban J connectivity index is 1.83. The van der Waals surface area contributed by atoms with Crippen LogP contribution in [0.15, 0.2) is 24.4 Å². The zero-order valence-corrected chi connectivity index (χ0v) is 12.7. The molecule has 0 aliphatic heterocycles. The Hall–Kier alpha value is -0.930. The van der Waals surface area contributed by atoms with Gasteiger partial charge in [-0.1, -0.05) is 31.7 Å². The van der Waals surface area contributed by atoms with Crippen LogP contribution >= 0.6 is 0 Å². The molecule has 3 heteroatoms. The van der Waals surface area contributed by atoms with Crippen molar-refractivity contribution in [2.24, 2.45) is 5.41 Å². The molecule has 0 bridgehead atoms. The third-order valence-corrected chi connectivity index (χ3v) is 4.58. The molecule has 0 saturated heterocycles. The molecule has 1 aliphatic carbocycles. The van der Waals surface area contributed by atoms with Gasteiger partial charge >= 0.3 is 0 Å². The number of hydrogen-bond acceptors (Lipinski definition) is 3. The predicted octanol–water partition coefficient (Wildman–Crippen LogP) is 2.89. The van der Waals surface area contributed by atoms with E-state index in [0.717, 1.165) is 25.2 Å². The number of rotatable bonds is 6. The Kier molecular flexibility index (Phi) is 5.99. The van der Waals surface area contributed by atoms with E-state index in [0.29, 0.717) is 6.61 Å². The molecule has 0 radical (unpaired) electrons. The molecule has 0 amide bonds. The average Bonchev–Trinajstić information content (AvgIpc) is 2.72. The minimum Gasteiger partial charge on any atom is -0.396 e. The normalized spacial score (nSPS) is 18.9. The monoisotopic (exact) mass is 276 g/mol. The third kappa shape index (κ3) is 4.57. The number of nitrogens with zero attached hydrogens (tertiary/aromatic N) is 2. The van der Waals surface area contributed by atoms with Crippen LogP contribution in [-0.2, 0) is 6.42 Å². The van der Waals surface area contributed by atoms with E-state index in [9.17, 15) is 5.11 Å². The van der Waals surface area contributed by atoms with Crippen LogP contribution in [0, 0.1) is 5.41 Å². The molecule has 2 rings (SSSR count). The fourth-order valence-corrected chi connectivity index (χ4v) is 3.35. The number of aromatic nitrogens is 1. The van der Waals surface area contributed by atoms with Gasteiger partial charge in [-0.25, -0.2) is 0 Å². The summed E-state index contributed by atoms with van der Waals surface area (Å²) in [5.74, 6) is 0. The lowest BCUT2D eigenvalue weighted by Gasteiger charge is -2.35. The first-order valence-electron chi connectivity index (χ1n) is 7.93. The summed E-state index contributed by atoms with van der Waals surface area (Å²) in [6, 6.07) is 6.09. The zero-order valence-electron chi connectivity index (χ0n) is 12.7. The van der Waals surface area contributed by atoms with Crippen molar-refractivity contribution in [3.63, 3.8) is 0 Å². The summed E-state index contributed by atoms with van der Waals surface area (Å²) < 4.78 is 0. The van der Waals surface area contributed by atoms with Gasteiger partial charge in [0.25, 0.3) is 0 Å². The Bertz CT molecular complexity index is 372. The number of aliphatic hydroxyl groups excluding tert-OH is 1. The number of hydrogen-bond donors (Lipinski definition) is 1. The van der Waals surface area contributed by atoms with Gasteiger partial charge < -0.3 is 10.0 Å². The lowest BCUT2D eigenvalue weighted by molar-refractivity contribution is 0.0690. The Labute approximate surface area is 123 Å². The Morgan fingerprint density at radius 1 is 1.20 bits per heavy atom. The third-order valence-electron chi connectivity index (χ3n) is 4.58. The predicted molar refractivity (Wildman–Crippen MR) is 82.7 cm³/mol. The highest BCUT2D eigenvalue weighted by molar-refractivity contribution is 5.03. The maximum atomic E-state index is 9.86. The highest BCUT2D eigenvalue weighted by atomic mass is 16.3. The molecule has 1 saturated carbocycles. The molecular weight excluding hydrogens is 248 g/mol. The smallest absolute Gasteiger partial charge is 0.0499 e. The first-order chi connectivity index (χ1) is 9.74. The maximum absolute atomic E-state index is 9.86. The van der Waals surface area contributed by atoms with Crippen LogP contribution in [0.25, 0.3) is 0 Å². The second kappa shape index (κ2) is 7.75. The van der Waals surface area contributed by atoms with E-state index in [4.69, 9.17) is 0 Å². The van der Waals surface area contributed by atoms with Crippen molar-refractivity contribution in [3.8, 4) is 0 Å². The zero-order chi connectivity index (χ0) is 14.3. The molecule has 1 aromatic heterocycles. The quantitative estimate of drug-likeness (QED) is 0.812. The van der Waals surface area contributed by atoms with Crippen molar-refractivity contribution in [1.82, 2.24) is 9.88 Å². The van der Waals surface area contributed by atoms with E-state index in [1.54, 1.807) is 0 Å². The summed E-state index contributed by atoms with van der Waals surface area (Å²) in [5.41, 5.74) is 1.29. The molecule has 112 valence electrons. The summed E-state index contributed by atoms with van der Waals surface area (Å²) in [6.45, 7) is 2.36. The van der Waals surface area contributed by atoms with Crippen molar-refractivity contribution >= 4 is 0 Å². The minimum absolute atomic E-state index is 0.134. The van der Waals surface area contributed by atoms with Gasteiger partial charge in [-0.2, -0.15) is 0 Å². The van der Waals surface area contributed by atoms with Crippen molar-refractivity contribution in [2.45, 2.75) is 44.9 Å². The van der Waals surface area contributed by atoms with Crippen LogP contribution in [0.5, 0.6) is 0 Å². The number of pyridine rings is 1. The number of aliphatic hydroxyl groups is 1. The molecule has 1 fully saturated rings. The van der Waals surface area contributed by atoms with Crippen LogP contribution in [0.1, 0.15) is 44.2 Å². The molecule has 1 heterocycles. The lowest BCUT2D eigenvalue weighted by atomic mass is 9.80. The second-order valence-corrected chi connectivity index (χ2v) is 6.38. The van der Waals surface area contributed by atoms with Gasteiger partial charge in [0, 0.05) is 43.4 Å². The van der Waals surface area contributed by atoms with Crippen molar-refractivity contribution < 1.29 is 5.11 Å². The molecular formula is C17H28N2O. The average molecular weight is 276 g/mol. The summed E-state index contributed by atoms with van der Waals surface area (Å²) in [5, 5.41) is 9.86. The minimum atomic E-state index is 0.134. The summed E-state index contributed by atoms with van der Waals surface area (Å²) >= 11 is 0. The number of likely N-dealkylation sites (N-methyl/N-ethyl adjacent to an activating group) is 1. The van der Waals surface area contributed by atoms with Crippen LogP contribution in [-0.4, -0.2) is 41.7 Å². The molecule has 3 nitrogen and oxygen atoms in total. The van der Waals surface area contributed by atoms with Crippen molar-refractivity contribution in [1.29, 1.82) is 0 Å². The van der Waals surface area contributed by atoms with Crippen LogP contribution < -0.4 is 0 Å². The van der Waals surface area contributed by atoms with E-state index >= 15 is 0 Å². The molecule has 1 aliphatic rings. The van der Waals surface area contributed by atoms with Crippen LogP contribution in [0.3, 0.4) is 0 Å². The summed E-state index contributed by atoms with van der Waals surface area (Å²) in [7, 11) is 2.17. The molecule has 1 aromatic rings. The Morgan fingerprint density at radius 3 is 2.55 bits per heavy atom. The van der Waals surface area contributed by atoms with Gasteiger partial charge in [-0.15, -0.1) is 0 Å². The lowest BCUT2D eigenvalue weighted by Crippen LogP contribution is -2.39. The van der Waals surface area contributed by atoms with E-state index in [1.807, 2.05) is 18.3 Å². The fraction of sp³-hybridized carbons (Fsp3) is 0.706. The first-order valence-corrected chi connectivity index (χ1v) is 7.93. The van der Waals surface area contributed by atoms with Gasteiger partial charge in [0.1, 0.15) is 0 Å². The van der Waals surface area contributed by atoms with Crippen LogP contribution in [0.4, 0.5) is 0 Å². The van der Waals surface area contributed by atoms with Crippen LogP contribution in [0.2, 0.25) is 0 Å². The molecule has 0 unspecified atom stereocenters. The largest absolute Gasteiger partial charge is 0.396 e. The van der Waals surface area contributed by atoms with Gasteiger partial charge in [-0.3, -0.25) is 4.98 Å². The van der Waals surface area contributed by atoms with E-state index in [-0.39, 0.29) is 5.41 Å². The van der Waals surface area contributed by atoms with Crippen molar-refractivity contribution in [2.75, 3.05) is 26.7 Å². The Morgan fingerprint density at radius 2 is 1.95 bits per heavy atom. The highest BCUT2D eigenvalue weighted by Gasteiger charge is 2.31. The summed E-state index contributed by atoms with van der Waals surface area (Å²) in [6.07, 6.45) is 10.4. The second-order valence-electron chi connectivity index (χ2n) is 6.38. The molecule has 0 spiro atoms. The van der Waals surface area contributed by atoms with Gasteiger partial charge in [-0.05, 0) is 32.0 Å². The van der Waals surface area contributed by atoms with E-state index in [2.05, 4.69) is 23.0 Å². The maximum Gasteiger partial charge on any atom is 0.0499 e. The molecule has 0 atom stereocenters. The molecule has 0 aromatic carbocycles. The SMILES string of the molecule is CN(CCc1ccccn1)CC1(CO)CCCCCC1. The van der Waals surface area contributed by atoms with E-state index in [1.165, 1.54) is 38.5 Å². The molecule has 1 N–H and O–H groups in total. The standard InChI is InChI=1S/C17H28N2O/c1-19(13-9-16-8-4-7-12-18-16)14-17(15-20)10-5-2-3-6-11-17/h4,7-8,12,20H,2-3,5-6,9-11,13-15H2,1H3. The van der Waals surface area contributed by atoms with E-state index < -0.39 is 0 Å². The fourth-order valence-electron chi connectivity index (χ4n) is 3.35. The first kappa shape index (κ1) is 15.5. The van der Waals surface area contributed by atoms with Gasteiger partial charge in [0.15, 0.2) is 0 Å². The van der Waals surface area contributed by atoms with Crippen molar-refractivity contribution in [3.05, 3.63) is 30.1 Å². The van der Waals surface area contributed by atoms with Gasteiger partial charge in [0.05, 0.1) is 0 Å². The summed E-state index contributed by atoms with van der Waals surface area (Å²) in [4.78, 5) is 6.75. The molecule has 20 heavy (non-hydrogen) atoms. The van der Waals surface area contributed by atoms with Gasteiger partial charge in [0.2, 0.25) is 0 Å².